The van der Waals surface area contributed by atoms with Crippen LogP contribution in [0.5, 0.6) is 0 Å². The Labute approximate surface area is 159 Å². The number of alkyl carbamates (subject to hydrolysis) is 1. The van der Waals surface area contributed by atoms with Gasteiger partial charge in [-0.15, -0.1) is 0 Å². The number of nitrogens with one attached hydrogen (secondary N) is 2. The number of piperazine rings is 1. The molecule has 1 fully saturated rings. The van der Waals surface area contributed by atoms with Crippen LogP contribution in [0.15, 0.2) is 23.1 Å². The first-order valence-electron chi connectivity index (χ1n) is 9.32. The summed E-state index contributed by atoms with van der Waals surface area (Å²) in [5.41, 5.74) is 2.38. The summed E-state index contributed by atoms with van der Waals surface area (Å²) in [4.78, 5) is 24.4. The molecule has 1 heterocycles. The van der Waals surface area contributed by atoms with Gasteiger partial charge in [0.2, 0.25) is 10.0 Å². The van der Waals surface area contributed by atoms with Crippen molar-refractivity contribution in [3.05, 3.63) is 29.3 Å². The van der Waals surface area contributed by atoms with Gasteiger partial charge in [-0.25, -0.2) is 13.2 Å². The van der Waals surface area contributed by atoms with E-state index in [2.05, 4.69) is 10.1 Å². The first-order valence-corrected chi connectivity index (χ1v) is 10.8. The van der Waals surface area contributed by atoms with Gasteiger partial charge in [-0.1, -0.05) is 6.07 Å². The average molecular weight is 396 g/mol. The zero-order valence-corrected chi connectivity index (χ0v) is 16.3. The fraction of sp³-hybridized carbons (Fsp3) is 0.556. The number of quaternary nitrogens is 1. The predicted molar refractivity (Wildman–Crippen MR) is 98.0 cm³/mol. The Balaban J connectivity index is 1.55. The molecule has 8 nitrogen and oxygen atoms in total. The fourth-order valence-electron chi connectivity index (χ4n) is 3.63. The predicted octanol–water partition coefficient (Wildman–Crippen LogP) is -0.663. The molecule has 0 unspecified atom stereocenters. The second kappa shape index (κ2) is 8.37. The zero-order chi connectivity index (χ0) is 19.4. The monoisotopic (exact) mass is 396 g/mol. The lowest BCUT2D eigenvalue weighted by atomic mass is 10.1. The van der Waals surface area contributed by atoms with Crippen molar-refractivity contribution < 1.29 is 27.6 Å². The third-order valence-electron chi connectivity index (χ3n) is 5.06. The molecule has 0 radical (unpaired) electrons. The second-order valence-corrected chi connectivity index (χ2v) is 8.82. The highest BCUT2D eigenvalue weighted by Crippen LogP contribution is 2.26. The number of carbonyl (C=O) groups excluding carboxylic acids is 2. The van der Waals surface area contributed by atoms with Crippen molar-refractivity contribution in [2.75, 3.05) is 39.3 Å². The molecule has 0 spiro atoms. The zero-order valence-electron chi connectivity index (χ0n) is 15.5. The summed E-state index contributed by atoms with van der Waals surface area (Å²) in [6, 6.07) is 5.44. The van der Waals surface area contributed by atoms with Gasteiger partial charge in [-0.2, -0.15) is 4.31 Å². The molecule has 1 aliphatic carbocycles. The lowest BCUT2D eigenvalue weighted by molar-refractivity contribution is -0.895. The summed E-state index contributed by atoms with van der Waals surface area (Å²) in [7, 11) is -3.52. The van der Waals surface area contributed by atoms with Crippen molar-refractivity contribution in [1.82, 2.24) is 9.62 Å². The number of rotatable bonds is 5. The highest BCUT2D eigenvalue weighted by molar-refractivity contribution is 7.89. The molecule has 0 bridgehead atoms. The molecule has 1 aliphatic heterocycles. The summed E-state index contributed by atoms with van der Waals surface area (Å²) in [6.45, 7) is 3.70. The Morgan fingerprint density at radius 3 is 2.59 bits per heavy atom. The number of aryl methyl sites for hydroxylation is 2. The quantitative estimate of drug-likeness (QED) is 0.689. The van der Waals surface area contributed by atoms with E-state index in [1.807, 2.05) is 12.1 Å². The van der Waals surface area contributed by atoms with Crippen LogP contribution in [0.3, 0.4) is 0 Å². The molecule has 1 aromatic carbocycles. The summed E-state index contributed by atoms with van der Waals surface area (Å²) in [5.74, 6) is -0.418. The van der Waals surface area contributed by atoms with Crippen molar-refractivity contribution in [2.45, 2.75) is 31.1 Å². The highest BCUT2D eigenvalue weighted by Gasteiger charge is 2.32. The van der Waals surface area contributed by atoms with E-state index in [-0.39, 0.29) is 13.2 Å². The summed E-state index contributed by atoms with van der Waals surface area (Å²) in [5, 5.41) is 2.17. The highest BCUT2D eigenvalue weighted by atomic mass is 32.2. The van der Waals surface area contributed by atoms with E-state index >= 15 is 0 Å². The standard InChI is InChI=1S/C18H25N3O5S/c1-2-26-18(23)19-17(22)13-20-8-10-21(11-9-20)27(24,25)16-7-6-14-4-3-5-15(14)12-16/h6-7,12H,2-5,8-11,13H2,1H3,(H,19,22,23)/p+1. The lowest BCUT2D eigenvalue weighted by Crippen LogP contribution is -3.15. The number of amides is 2. The molecule has 0 saturated carbocycles. The lowest BCUT2D eigenvalue weighted by Gasteiger charge is -2.31. The fourth-order valence-corrected chi connectivity index (χ4v) is 5.12. The Bertz CT molecular complexity index is 816. The minimum atomic E-state index is -3.52. The van der Waals surface area contributed by atoms with Crippen LogP contribution >= 0.6 is 0 Å². The Hall–Kier alpha value is -1.97. The number of fused-ring (bicyclic) bond motifs is 1. The van der Waals surface area contributed by atoms with Crippen LogP contribution in [0.4, 0.5) is 4.79 Å². The molecule has 0 aromatic heterocycles. The van der Waals surface area contributed by atoms with Gasteiger partial charge < -0.3 is 9.64 Å². The van der Waals surface area contributed by atoms with Crippen LogP contribution in [0.2, 0.25) is 0 Å². The molecule has 2 N–H and O–H groups in total. The maximum absolute atomic E-state index is 12.9. The van der Waals surface area contributed by atoms with E-state index in [9.17, 15) is 18.0 Å². The average Bonchev–Trinajstić information content (AvgIpc) is 3.10. The number of imide groups is 1. The molecule has 1 saturated heterocycles. The molecule has 148 valence electrons. The molecule has 1 aromatic rings. The van der Waals surface area contributed by atoms with Crippen LogP contribution in [0.1, 0.15) is 24.5 Å². The van der Waals surface area contributed by atoms with E-state index < -0.39 is 22.0 Å². The second-order valence-electron chi connectivity index (χ2n) is 6.88. The van der Waals surface area contributed by atoms with Gasteiger partial charge in [0.05, 0.1) is 37.7 Å². The van der Waals surface area contributed by atoms with Crippen LogP contribution in [-0.2, 0) is 32.4 Å². The molecule has 2 amide bonds. The molecular weight excluding hydrogens is 370 g/mol. The first kappa shape index (κ1) is 19.8. The smallest absolute Gasteiger partial charge is 0.414 e. The van der Waals surface area contributed by atoms with Crippen LogP contribution < -0.4 is 10.2 Å². The van der Waals surface area contributed by atoms with Gasteiger partial charge in [-0.3, -0.25) is 10.1 Å². The van der Waals surface area contributed by atoms with Crippen molar-refractivity contribution in [2.24, 2.45) is 0 Å². The number of hydrogen-bond donors (Lipinski definition) is 2. The third-order valence-corrected chi connectivity index (χ3v) is 6.96. The maximum atomic E-state index is 12.9. The van der Waals surface area contributed by atoms with E-state index in [4.69, 9.17) is 0 Å². The number of benzene rings is 1. The first-order chi connectivity index (χ1) is 12.9. The van der Waals surface area contributed by atoms with Crippen LogP contribution in [-0.4, -0.2) is 64.1 Å². The maximum Gasteiger partial charge on any atom is 0.414 e. The molecule has 27 heavy (non-hydrogen) atoms. The van der Waals surface area contributed by atoms with Crippen LogP contribution in [0, 0.1) is 0 Å². The largest absolute Gasteiger partial charge is 0.450 e. The number of ether oxygens (including phenoxy) is 1. The van der Waals surface area contributed by atoms with Gasteiger partial charge in [0, 0.05) is 0 Å². The van der Waals surface area contributed by atoms with Gasteiger partial charge >= 0.3 is 6.09 Å². The minimum Gasteiger partial charge on any atom is -0.450 e. The van der Waals surface area contributed by atoms with Crippen molar-refractivity contribution in [3.8, 4) is 0 Å². The van der Waals surface area contributed by atoms with Crippen molar-refractivity contribution in [1.29, 1.82) is 0 Å². The minimum absolute atomic E-state index is 0.117. The Kier molecular flexibility index (Phi) is 6.13. The number of sulfonamides is 1. The van der Waals surface area contributed by atoms with Crippen LogP contribution in [0.25, 0.3) is 0 Å². The molecular formula is C18H26N3O5S+. The number of hydrogen-bond acceptors (Lipinski definition) is 5. The topological polar surface area (TPSA) is 97.2 Å². The van der Waals surface area contributed by atoms with E-state index in [1.165, 1.54) is 9.87 Å². The molecule has 2 aliphatic rings. The third kappa shape index (κ3) is 4.66. The summed E-state index contributed by atoms with van der Waals surface area (Å²) in [6.07, 6.45) is 2.28. The summed E-state index contributed by atoms with van der Waals surface area (Å²) < 4.78 is 32.0. The van der Waals surface area contributed by atoms with Gasteiger partial charge in [0.25, 0.3) is 5.91 Å². The molecule has 9 heteroatoms. The molecule has 0 atom stereocenters. The van der Waals surface area contributed by atoms with Crippen molar-refractivity contribution in [3.63, 3.8) is 0 Å². The Morgan fingerprint density at radius 2 is 1.89 bits per heavy atom. The van der Waals surface area contributed by atoms with E-state index in [0.29, 0.717) is 31.1 Å². The van der Waals surface area contributed by atoms with E-state index in [1.54, 1.807) is 13.0 Å². The number of carbonyl (C=O) groups is 2. The van der Waals surface area contributed by atoms with Gasteiger partial charge in [0.15, 0.2) is 6.54 Å². The van der Waals surface area contributed by atoms with Crippen molar-refractivity contribution >= 4 is 22.0 Å². The van der Waals surface area contributed by atoms with Gasteiger partial charge in [-0.05, 0) is 49.4 Å². The van der Waals surface area contributed by atoms with Gasteiger partial charge in [0.1, 0.15) is 0 Å². The summed E-state index contributed by atoms with van der Waals surface area (Å²) >= 11 is 0. The van der Waals surface area contributed by atoms with E-state index in [0.717, 1.165) is 29.7 Å². The SMILES string of the molecule is CCOC(=O)NC(=O)C[NH+]1CCN(S(=O)(=O)c2ccc3c(c2)CCC3)CC1. The normalized spacial score (nSPS) is 18.1. The Morgan fingerprint density at radius 1 is 1.19 bits per heavy atom. The molecule has 3 rings (SSSR count). The number of nitrogens with zero attached hydrogens (tertiary/aromatic N) is 1.